The third kappa shape index (κ3) is 12.6. The second kappa shape index (κ2) is 20.5. The summed E-state index contributed by atoms with van der Waals surface area (Å²) >= 11 is 0. The first-order valence-electron chi connectivity index (χ1n) is 19.6. The number of amides is 2. The van der Waals surface area contributed by atoms with Crippen LogP contribution in [0, 0.1) is 11.8 Å². The Morgan fingerprint density at radius 1 is 1.02 bits per heavy atom. The van der Waals surface area contributed by atoms with Crippen molar-refractivity contribution in [2.24, 2.45) is 11.8 Å². The Hall–Kier alpha value is -2.93. The van der Waals surface area contributed by atoms with E-state index in [1.54, 1.807) is 29.9 Å². The van der Waals surface area contributed by atoms with E-state index in [1.165, 1.54) is 38.5 Å². The molecule has 4 aliphatic rings. The van der Waals surface area contributed by atoms with Gasteiger partial charge in [-0.05, 0) is 64.0 Å². The monoisotopic (exact) mass is 731 g/mol. The molecule has 4 rings (SSSR count). The quantitative estimate of drug-likeness (QED) is 0.101. The molecule has 0 aromatic heterocycles. The van der Waals surface area contributed by atoms with Gasteiger partial charge in [0.25, 0.3) is 0 Å². The summed E-state index contributed by atoms with van der Waals surface area (Å²) in [5.74, 6) is -0.931. The molecule has 1 aliphatic carbocycles. The van der Waals surface area contributed by atoms with Crippen LogP contribution in [0.15, 0.2) is 36.0 Å². The molecule has 0 bridgehead atoms. The van der Waals surface area contributed by atoms with Crippen LogP contribution in [0.1, 0.15) is 98.3 Å². The minimum Gasteiger partial charge on any atom is -0.457 e. The van der Waals surface area contributed by atoms with Gasteiger partial charge in [-0.25, -0.2) is 9.59 Å². The van der Waals surface area contributed by atoms with Gasteiger partial charge in [0.1, 0.15) is 11.7 Å². The lowest BCUT2D eigenvalue weighted by atomic mass is 9.89. The van der Waals surface area contributed by atoms with E-state index in [4.69, 9.17) is 18.9 Å². The second-order valence-electron chi connectivity index (χ2n) is 15.7. The highest BCUT2D eigenvalue weighted by Gasteiger charge is 2.37. The number of likely N-dealkylation sites (tertiary alicyclic amines) is 1. The Bertz CT molecular complexity index is 1240. The molecule has 2 amide bonds. The van der Waals surface area contributed by atoms with Gasteiger partial charge in [-0.3, -0.25) is 9.69 Å². The fourth-order valence-corrected chi connectivity index (χ4v) is 7.80. The van der Waals surface area contributed by atoms with E-state index in [0.29, 0.717) is 32.3 Å². The maximum atomic E-state index is 13.5. The fourth-order valence-electron chi connectivity index (χ4n) is 7.80. The van der Waals surface area contributed by atoms with Gasteiger partial charge in [-0.2, -0.15) is 0 Å². The van der Waals surface area contributed by atoms with Crippen LogP contribution in [0.4, 0.5) is 9.59 Å². The second-order valence-corrected chi connectivity index (χ2v) is 15.7. The van der Waals surface area contributed by atoms with Crippen molar-refractivity contribution in [1.82, 2.24) is 14.7 Å². The van der Waals surface area contributed by atoms with Crippen molar-refractivity contribution in [3.8, 4) is 0 Å². The highest BCUT2D eigenvalue weighted by Crippen LogP contribution is 2.28. The Morgan fingerprint density at radius 2 is 1.73 bits per heavy atom. The topological polar surface area (TPSA) is 138 Å². The molecule has 3 fully saturated rings. The van der Waals surface area contributed by atoms with Crippen molar-refractivity contribution in [3.63, 3.8) is 0 Å². The van der Waals surface area contributed by atoms with Crippen molar-refractivity contribution in [1.29, 1.82) is 0 Å². The van der Waals surface area contributed by atoms with E-state index in [0.717, 1.165) is 31.5 Å². The van der Waals surface area contributed by atoms with Crippen molar-refractivity contribution in [3.05, 3.63) is 36.0 Å². The number of cyclic esters (lactones) is 1. The van der Waals surface area contributed by atoms with Gasteiger partial charge < -0.3 is 39.0 Å². The highest BCUT2D eigenvalue weighted by atomic mass is 16.6. The number of allylic oxidation sites excluding steroid dienone is 2. The minimum absolute atomic E-state index is 0.0461. The standard InChI is InChI=1S/C40H65N3O9/c1-29(27-50-39(47)43-21-11-16-33(43)28-49-5)12-10-13-30(2)37-31(3)17-18-35(40(4,48)20-19-34(44)26-36(45)52-37)51-38(46)42-24-22-41(23-25-42)32-14-8-6-7-9-15-32/h10,12-13,17-18,29,31-35,37,44,48H,6-9,11,14-16,19-28H2,1-5H3/b12-10+,18-17+,30-13+/t29-,31+,33+,34-,35+,37-,40-/m1/s1. The van der Waals surface area contributed by atoms with Gasteiger partial charge >= 0.3 is 18.2 Å². The average Bonchev–Trinajstić information content (AvgIpc) is 3.41. The number of rotatable bonds is 9. The first-order valence-corrected chi connectivity index (χ1v) is 19.6. The lowest BCUT2D eigenvalue weighted by Gasteiger charge is -2.40. The molecule has 2 saturated heterocycles. The summed E-state index contributed by atoms with van der Waals surface area (Å²) in [7, 11) is 1.63. The number of piperazine rings is 1. The number of methoxy groups -OCH3 is 1. The van der Waals surface area contributed by atoms with Crippen LogP contribution in [-0.4, -0.2) is 132 Å². The zero-order valence-corrected chi connectivity index (χ0v) is 32.2. The molecule has 0 radical (unpaired) electrons. The van der Waals surface area contributed by atoms with Crippen LogP contribution in [0.2, 0.25) is 0 Å². The lowest BCUT2D eigenvalue weighted by Crippen LogP contribution is -2.53. The lowest BCUT2D eigenvalue weighted by molar-refractivity contribution is -0.151. The number of ether oxygens (including phenoxy) is 4. The molecular weight excluding hydrogens is 666 g/mol. The number of aliphatic hydroxyl groups is 2. The smallest absolute Gasteiger partial charge is 0.410 e. The number of carbonyl (C=O) groups excluding carboxylic acids is 3. The normalized spacial score (nSPS) is 32.0. The summed E-state index contributed by atoms with van der Waals surface area (Å²) in [6, 6.07) is 0.630. The molecule has 2 N–H and O–H groups in total. The molecule has 12 nitrogen and oxygen atoms in total. The summed E-state index contributed by atoms with van der Waals surface area (Å²) in [6.07, 6.45) is 15.2. The molecule has 0 aromatic rings. The van der Waals surface area contributed by atoms with Crippen molar-refractivity contribution >= 4 is 18.2 Å². The molecule has 3 aliphatic heterocycles. The largest absolute Gasteiger partial charge is 0.457 e. The van der Waals surface area contributed by atoms with Gasteiger partial charge in [0.2, 0.25) is 0 Å². The number of esters is 1. The summed E-state index contributed by atoms with van der Waals surface area (Å²) in [6.45, 7) is 11.5. The highest BCUT2D eigenvalue weighted by molar-refractivity contribution is 5.70. The summed E-state index contributed by atoms with van der Waals surface area (Å²) in [4.78, 5) is 45.0. The third-order valence-corrected chi connectivity index (χ3v) is 11.2. The van der Waals surface area contributed by atoms with Gasteiger partial charge in [0, 0.05) is 57.7 Å². The molecule has 7 atom stereocenters. The van der Waals surface area contributed by atoms with Crippen molar-refractivity contribution < 1.29 is 43.5 Å². The number of hydrogen-bond acceptors (Lipinski definition) is 10. The zero-order valence-electron chi connectivity index (χ0n) is 32.2. The van der Waals surface area contributed by atoms with E-state index in [-0.39, 0.29) is 49.8 Å². The van der Waals surface area contributed by atoms with Crippen LogP contribution in [0.3, 0.4) is 0 Å². The van der Waals surface area contributed by atoms with Gasteiger partial charge in [0.15, 0.2) is 6.10 Å². The molecule has 0 aromatic carbocycles. The predicted molar refractivity (Wildman–Crippen MR) is 199 cm³/mol. The molecule has 3 heterocycles. The van der Waals surface area contributed by atoms with Crippen LogP contribution in [-0.2, 0) is 23.7 Å². The maximum Gasteiger partial charge on any atom is 0.410 e. The average molecular weight is 732 g/mol. The molecule has 0 spiro atoms. The van der Waals surface area contributed by atoms with Crippen LogP contribution < -0.4 is 0 Å². The Balaban J connectivity index is 1.38. The summed E-state index contributed by atoms with van der Waals surface area (Å²) in [5, 5.41) is 22.2. The van der Waals surface area contributed by atoms with E-state index >= 15 is 0 Å². The third-order valence-electron chi connectivity index (χ3n) is 11.2. The van der Waals surface area contributed by atoms with E-state index < -0.39 is 36.0 Å². The minimum atomic E-state index is -1.47. The first-order chi connectivity index (χ1) is 24.9. The van der Waals surface area contributed by atoms with Crippen LogP contribution >= 0.6 is 0 Å². The molecule has 52 heavy (non-hydrogen) atoms. The van der Waals surface area contributed by atoms with Crippen LogP contribution in [0.5, 0.6) is 0 Å². The van der Waals surface area contributed by atoms with Crippen molar-refractivity contribution in [2.45, 2.75) is 134 Å². The van der Waals surface area contributed by atoms with E-state index in [2.05, 4.69) is 4.90 Å². The van der Waals surface area contributed by atoms with Gasteiger partial charge in [0.05, 0.1) is 31.8 Å². The number of nitrogens with zero attached hydrogens (tertiary/aromatic N) is 3. The molecule has 1 saturated carbocycles. The number of carbonyl (C=O) groups is 3. The summed E-state index contributed by atoms with van der Waals surface area (Å²) < 4.78 is 22.7. The van der Waals surface area contributed by atoms with E-state index in [9.17, 15) is 24.6 Å². The molecule has 0 unspecified atom stereocenters. The number of hydrogen-bond donors (Lipinski definition) is 2. The first kappa shape index (κ1) is 41.8. The fraction of sp³-hybridized carbons (Fsp3) is 0.775. The van der Waals surface area contributed by atoms with Crippen LogP contribution in [0.25, 0.3) is 0 Å². The Morgan fingerprint density at radius 3 is 2.42 bits per heavy atom. The van der Waals surface area contributed by atoms with Gasteiger partial charge in [-0.15, -0.1) is 0 Å². The molecular formula is C40H65N3O9. The SMILES string of the molecule is COC[C@@H]1CCCN1C(=O)OC[C@H](C)/C=C/C=C(\C)[C@H]1OC(=O)C[C@H](O)CC[C@@](C)(O)[C@@H](OC(=O)N2CCN(C3CCCCCC3)CC2)/C=C/[C@@H]1C. The summed E-state index contributed by atoms with van der Waals surface area (Å²) in [5.41, 5.74) is -0.704. The molecule has 12 heteroatoms. The Kier molecular flexibility index (Phi) is 16.5. The molecule has 294 valence electrons. The maximum absolute atomic E-state index is 13.5. The van der Waals surface area contributed by atoms with E-state index in [1.807, 2.05) is 45.1 Å². The van der Waals surface area contributed by atoms with Crippen molar-refractivity contribution in [2.75, 3.05) is 53.0 Å². The number of aliphatic hydroxyl groups excluding tert-OH is 1. The van der Waals surface area contributed by atoms with Gasteiger partial charge in [-0.1, -0.05) is 63.8 Å². The Labute approximate surface area is 311 Å². The zero-order chi connectivity index (χ0) is 37.7. The predicted octanol–water partition coefficient (Wildman–Crippen LogP) is 5.62.